The van der Waals surface area contributed by atoms with Gasteiger partial charge < -0.3 is 19.2 Å². The van der Waals surface area contributed by atoms with Crippen LogP contribution in [-0.4, -0.2) is 40.5 Å². The van der Waals surface area contributed by atoms with Crippen molar-refractivity contribution in [2.45, 2.75) is 38.1 Å². The highest BCUT2D eigenvalue weighted by molar-refractivity contribution is 5.98. The predicted molar refractivity (Wildman–Crippen MR) is 91.0 cm³/mol. The molecule has 1 aromatic heterocycles. The first kappa shape index (κ1) is 16.6. The van der Waals surface area contributed by atoms with E-state index in [2.05, 4.69) is 9.72 Å². The zero-order valence-corrected chi connectivity index (χ0v) is 14.5. The highest BCUT2D eigenvalue weighted by Crippen LogP contribution is 2.37. The van der Waals surface area contributed by atoms with Gasteiger partial charge in [-0.25, -0.2) is 9.78 Å². The molecule has 0 unspecified atom stereocenters. The Bertz CT molecular complexity index is 869. The van der Waals surface area contributed by atoms with Crippen LogP contribution in [0, 0.1) is 0 Å². The van der Waals surface area contributed by atoms with Crippen molar-refractivity contribution < 1.29 is 23.8 Å². The van der Waals surface area contributed by atoms with Gasteiger partial charge in [0.1, 0.15) is 17.2 Å². The lowest BCUT2D eigenvalue weighted by Crippen LogP contribution is -2.35. The van der Waals surface area contributed by atoms with Gasteiger partial charge in [0, 0.05) is 24.4 Å². The van der Waals surface area contributed by atoms with Gasteiger partial charge in [0.05, 0.1) is 19.2 Å². The second-order valence-corrected chi connectivity index (χ2v) is 6.79. The Morgan fingerprint density at radius 3 is 2.73 bits per heavy atom. The minimum Gasteiger partial charge on any atom is -0.508 e. The van der Waals surface area contributed by atoms with Crippen LogP contribution in [0.3, 0.4) is 0 Å². The summed E-state index contributed by atoms with van der Waals surface area (Å²) in [5.74, 6) is 1.06. The smallest absolute Gasteiger partial charge is 0.338 e. The molecule has 1 aliphatic carbocycles. The third-order valence-corrected chi connectivity index (χ3v) is 5.07. The summed E-state index contributed by atoms with van der Waals surface area (Å²) in [5, 5.41) is 9.84. The van der Waals surface area contributed by atoms with E-state index in [1.165, 1.54) is 31.7 Å². The number of phenols is 1. The maximum atomic E-state index is 12.8. The summed E-state index contributed by atoms with van der Waals surface area (Å²) >= 11 is 0. The molecule has 2 aliphatic rings. The number of phenolic OH excluding ortho intramolecular Hbond substituents is 1. The number of nitrogens with zero attached hydrogens (tertiary/aromatic N) is 2. The molecule has 136 valence electrons. The van der Waals surface area contributed by atoms with E-state index >= 15 is 0 Å². The molecule has 2 aromatic rings. The fraction of sp³-hybridized carbons (Fsp3) is 0.421. The number of rotatable bonds is 3. The van der Waals surface area contributed by atoms with Crippen LogP contribution in [-0.2, 0) is 17.7 Å². The van der Waals surface area contributed by atoms with Gasteiger partial charge >= 0.3 is 5.97 Å². The predicted octanol–water partition coefficient (Wildman–Crippen LogP) is 2.63. The molecule has 1 amide bonds. The Labute approximate surface area is 150 Å². The lowest BCUT2D eigenvalue weighted by atomic mass is 9.85. The first-order chi connectivity index (χ1) is 12.5. The normalized spacial score (nSPS) is 16.7. The van der Waals surface area contributed by atoms with Gasteiger partial charge in [-0.1, -0.05) is 6.42 Å². The second kappa shape index (κ2) is 6.48. The molecule has 7 heteroatoms. The lowest BCUT2D eigenvalue weighted by molar-refractivity contribution is 0.0600. The van der Waals surface area contributed by atoms with Crippen LogP contribution in [0.2, 0.25) is 0 Å². The molecule has 1 aliphatic heterocycles. The molecule has 0 radical (unpaired) electrons. The van der Waals surface area contributed by atoms with Crippen LogP contribution in [0.15, 0.2) is 22.6 Å². The number of carbonyl (C=O) groups excluding carboxylic acids is 2. The average Bonchev–Trinajstić information content (AvgIpc) is 3.00. The standard InChI is InChI=1S/C19H20N2O5/c1-25-19(24)13-7-12(8-14(22)9-13)18(23)21-6-5-16-15(10-21)20-17(26-16)11-3-2-4-11/h7-9,11,22H,2-6,10H2,1H3. The number of ether oxygens (including phenoxy) is 1. The molecule has 26 heavy (non-hydrogen) atoms. The number of hydrogen-bond acceptors (Lipinski definition) is 6. The number of methoxy groups -OCH3 is 1. The minimum absolute atomic E-state index is 0.141. The summed E-state index contributed by atoms with van der Waals surface area (Å²) < 4.78 is 10.5. The van der Waals surface area contributed by atoms with Crippen LogP contribution < -0.4 is 0 Å². The van der Waals surface area contributed by atoms with Crippen LogP contribution in [0.4, 0.5) is 0 Å². The fourth-order valence-electron chi connectivity index (χ4n) is 3.37. The molecule has 4 rings (SSSR count). The van der Waals surface area contributed by atoms with E-state index in [9.17, 15) is 14.7 Å². The van der Waals surface area contributed by atoms with Crippen molar-refractivity contribution in [2.75, 3.05) is 13.7 Å². The number of oxazole rings is 1. The summed E-state index contributed by atoms with van der Waals surface area (Å²) in [4.78, 5) is 30.8. The zero-order valence-electron chi connectivity index (χ0n) is 14.5. The zero-order chi connectivity index (χ0) is 18.3. The molecule has 0 spiro atoms. The van der Waals surface area contributed by atoms with Gasteiger partial charge in [-0.3, -0.25) is 4.79 Å². The number of fused-ring (bicyclic) bond motifs is 1. The van der Waals surface area contributed by atoms with Crippen LogP contribution in [0.1, 0.15) is 63.2 Å². The molecular formula is C19H20N2O5. The van der Waals surface area contributed by atoms with Gasteiger partial charge in [0.15, 0.2) is 5.89 Å². The first-order valence-corrected chi connectivity index (χ1v) is 8.75. The van der Waals surface area contributed by atoms with Gasteiger partial charge in [-0.05, 0) is 31.0 Å². The third-order valence-electron chi connectivity index (χ3n) is 5.07. The van der Waals surface area contributed by atoms with E-state index in [1.54, 1.807) is 4.90 Å². The number of benzene rings is 1. The fourth-order valence-corrected chi connectivity index (χ4v) is 3.37. The summed E-state index contributed by atoms with van der Waals surface area (Å²) in [6, 6.07) is 4.07. The van der Waals surface area contributed by atoms with E-state index in [-0.39, 0.29) is 22.8 Å². The van der Waals surface area contributed by atoms with Gasteiger partial charge in [-0.2, -0.15) is 0 Å². The van der Waals surface area contributed by atoms with Crippen LogP contribution in [0.5, 0.6) is 5.75 Å². The summed E-state index contributed by atoms with van der Waals surface area (Å²) in [6.45, 7) is 0.877. The van der Waals surface area contributed by atoms with E-state index < -0.39 is 5.97 Å². The highest BCUT2D eigenvalue weighted by atomic mass is 16.5. The Balaban J connectivity index is 1.55. The largest absolute Gasteiger partial charge is 0.508 e. The van der Waals surface area contributed by atoms with Crippen LogP contribution in [0.25, 0.3) is 0 Å². The number of aromatic hydroxyl groups is 1. The molecule has 1 aromatic carbocycles. The highest BCUT2D eigenvalue weighted by Gasteiger charge is 2.30. The summed E-state index contributed by atoms with van der Waals surface area (Å²) in [7, 11) is 1.25. The van der Waals surface area contributed by atoms with Crippen LogP contribution >= 0.6 is 0 Å². The van der Waals surface area contributed by atoms with Crippen molar-refractivity contribution in [3.05, 3.63) is 46.7 Å². The van der Waals surface area contributed by atoms with Gasteiger partial charge in [-0.15, -0.1) is 0 Å². The van der Waals surface area contributed by atoms with E-state index in [4.69, 9.17) is 4.42 Å². The van der Waals surface area contributed by atoms with E-state index in [1.807, 2.05) is 0 Å². The van der Waals surface area contributed by atoms with Crippen molar-refractivity contribution >= 4 is 11.9 Å². The van der Waals surface area contributed by atoms with Crippen molar-refractivity contribution in [1.29, 1.82) is 0 Å². The molecule has 1 fully saturated rings. The molecule has 0 saturated heterocycles. The maximum absolute atomic E-state index is 12.8. The molecule has 1 N–H and O–H groups in total. The molecule has 0 bridgehead atoms. The van der Waals surface area contributed by atoms with Crippen molar-refractivity contribution in [3.8, 4) is 5.75 Å². The Morgan fingerprint density at radius 2 is 2.04 bits per heavy atom. The second-order valence-electron chi connectivity index (χ2n) is 6.79. The quantitative estimate of drug-likeness (QED) is 0.850. The Kier molecular flexibility index (Phi) is 4.14. The molecular weight excluding hydrogens is 336 g/mol. The lowest BCUT2D eigenvalue weighted by Gasteiger charge is -2.25. The number of esters is 1. The Hall–Kier alpha value is -2.83. The first-order valence-electron chi connectivity index (χ1n) is 8.75. The Morgan fingerprint density at radius 1 is 1.27 bits per heavy atom. The topological polar surface area (TPSA) is 92.9 Å². The van der Waals surface area contributed by atoms with E-state index in [0.717, 1.165) is 30.2 Å². The number of aromatic nitrogens is 1. The molecule has 2 heterocycles. The number of amides is 1. The van der Waals surface area contributed by atoms with Gasteiger partial charge in [0.2, 0.25) is 0 Å². The third kappa shape index (κ3) is 2.94. The average molecular weight is 356 g/mol. The van der Waals surface area contributed by atoms with Crippen molar-refractivity contribution in [2.24, 2.45) is 0 Å². The molecule has 7 nitrogen and oxygen atoms in total. The van der Waals surface area contributed by atoms with E-state index in [0.29, 0.717) is 25.4 Å². The summed E-state index contributed by atoms with van der Waals surface area (Å²) in [5.41, 5.74) is 1.19. The monoisotopic (exact) mass is 356 g/mol. The van der Waals surface area contributed by atoms with Gasteiger partial charge in [0.25, 0.3) is 5.91 Å². The molecule has 1 saturated carbocycles. The number of hydrogen-bond donors (Lipinski definition) is 1. The SMILES string of the molecule is COC(=O)c1cc(O)cc(C(=O)N2CCc3oc(C4CCC4)nc3C2)c1. The minimum atomic E-state index is -0.600. The summed E-state index contributed by atoms with van der Waals surface area (Å²) in [6.07, 6.45) is 4.05. The van der Waals surface area contributed by atoms with Crippen molar-refractivity contribution in [3.63, 3.8) is 0 Å². The maximum Gasteiger partial charge on any atom is 0.338 e. The number of carbonyl (C=O) groups is 2. The van der Waals surface area contributed by atoms with Crippen molar-refractivity contribution in [1.82, 2.24) is 9.88 Å². The molecule has 0 atom stereocenters.